The number of carbonyl (C=O) groups is 1. The van der Waals surface area contributed by atoms with Crippen molar-refractivity contribution in [3.05, 3.63) is 0 Å². The zero-order valence-corrected chi connectivity index (χ0v) is 6.38. The van der Waals surface area contributed by atoms with Gasteiger partial charge in [0.05, 0.1) is 0 Å². The highest BCUT2D eigenvalue weighted by molar-refractivity contribution is 5.72. The predicted molar refractivity (Wildman–Crippen MR) is 38.3 cm³/mol. The first-order valence-electron chi connectivity index (χ1n) is 4.06. The van der Waals surface area contributed by atoms with Gasteiger partial charge in [-0.25, -0.2) is 4.79 Å². The van der Waals surface area contributed by atoms with E-state index in [0.717, 1.165) is 12.8 Å². The Hall–Kier alpha value is -0.570. The van der Waals surface area contributed by atoms with Crippen LogP contribution in [0.5, 0.6) is 0 Å². The molecule has 0 radical (unpaired) electrons. The maximum Gasteiger partial charge on any atom is 0.332 e. The van der Waals surface area contributed by atoms with Gasteiger partial charge < -0.3 is 9.84 Å². The second kappa shape index (κ2) is 2.21. The summed E-state index contributed by atoms with van der Waals surface area (Å²) in [6, 6.07) is 0. The van der Waals surface area contributed by atoms with Gasteiger partial charge in [-0.2, -0.15) is 0 Å². The Bertz CT molecular complexity index is 184. The van der Waals surface area contributed by atoms with Crippen molar-refractivity contribution in [2.75, 3.05) is 6.61 Å². The van der Waals surface area contributed by atoms with Gasteiger partial charge in [0.25, 0.3) is 0 Å². The summed E-state index contributed by atoms with van der Waals surface area (Å²) in [5.74, 6) is -0.795. The highest BCUT2D eigenvalue weighted by Gasteiger charge is 2.48. The third kappa shape index (κ3) is 1.25. The van der Waals surface area contributed by atoms with Gasteiger partial charge in [-0.1, -0.05) is 0 Å². The van der Waals surface area contributed by atoms with Crippen molar-refractivity contribution in [1.82, 2.24) is 0 Å². The van der Waals surface area contributed by atoms with E-state index in [-0.39, 0.29) is 0 Å². The van der Waals surface area contributed by atoms with Crippen LogP contribution in [0, 0.1) is 5.41 Å². The van der Waals surface area contributed by atoms with Gasteiger partial charge in [0.1, 0.15) is 0 Å². The fourth-order valence-corrected chi connectivity index (χ4v) is 1.76. The molecule has 3 heteroatoms. The van der Waals surface area contributed by atoms with E-state index in [0.29, 0.717) is 12.0 Å². The molecule has 1 atom stereocenters. The normalized spacial score (nSPS) is 33.6. The summed E-state index contributed by atoms with van der Waals surface area (Å²) < 4.78 is 5.12. The zero-order valence-electron chi connectivity index (χ0n) is 6.38. The molecule has 0 bridgehead atoms. The second-order valence-electron chi connectivity index (χ2n) is 3.65. The van der Waals surface area contributed by atoms with Gasteiger partial charge in [0, 0.05) is 6.61 Å². The molecule has 2 rings (SSSR count). The van der Waals surface area contributed by atoms with Crippen LogP contribution in [-0.2, 0) is 9.53 Å². The number of ether oxygens (including phenoxy) is 1. The average molecular weight is 156 g/mol. The van der Waals surface area contributed by atoms with Crippen LogP contribution in [0.15, 0.2) is 0 Å². The second-order valence-corrected chi connectivity index (χ2v) is 3.65. The molecule has 3 nitrogen and oxygen atoms in total. The Labute approximate surface area is 65.4 Å². The van der Waals surface area contributed by atoms with Gasteiger partial charge in [-0.15, -0.1) is 0 Å². The van der Waals surface area contributed by atoms with E-state index < -0.39 is 12.1 Å². The van der Waals surface area contributed by atoms with Crippen LogP contribution in [-0.4, -0.2) is 23.8 Å². The van der Waals surface area contributed by atoms with E-state index in [1.54, 1.807) is 0 Å². The van der Waals surface area contributed by atoms with Gasteiger partial charge in [0.2, 0.25) is 0 Å². The molecular weight excluding hydrogens is 144 g/mol. The summed E-state index contributed by atoms with van der Waals surface area (Å²) in [6.45, 7) is 0.636. The van der Waals surface area contributed by atoms with Crippen molar-refractivity contribution in [1.29, 1.82) is 0 Å². The van der Waals surface area contributed by atoms with Gasteiger partial charge in [0.15, 0.2) is 6.10 Å². The SMILES string of the molecule is O=C(O)C1CC2(CCO1)CC2. The first-order valence-corrected chi connectivity index (χ1v) is 4.06. The van der Waals surface area contributed by atoms with Gasteiger partial charge in [-0.3, -0.25) is 0 Å². The monoisotopic (exact) mass is 156 g/mol. The molecule has 1 aliphatic heterocycles. The molecule has 1 heterocycles. The lowest BCUT2D eigenvalue weighted by Gasteiger charge is -2.26. The van der Waals surface area contributed by atoms with Crippen LogP contribution >= 0.6 is 0 Å². The van der Waals surface area contributed by atoms with E-state index >= 15 is 0 Å². The van der Waals surface area contributed by atoms with Crippen LogP contribution in [0.1, 0.15) is 25.7 Å². The molecule has 2 aliphatic rings. The van der Waals surface area contributed by atoms with Crippen LogP contribution < -0.4 is 0 Å². The molecule has 1 unspecified atom stereocenters. The maximum absolute atomic E-state index is 10.5. The highest BCUT2D eigenvalue weighted by atomic mass is 16.5. The zero-order chi connectivity index (χ0) is 7.90. The molecule has 2 fully saturated rings. The Balaban J connectivity index is 1.98. The molecule has 0 aromatic rings. The van der Waals surface area contributed by atoms with E-state index in [1.165, 1.54) is 12.8 Å². The number of carboxylic acid groups (broad SMARTS) is 1. The van der Waals surface area contributed by atoms with Gasteiger partial charge in [-0.05, 0) is 31.1 Å². The lowest BCUT2D eigenvalue weighted by molar-refractivity contribution is -0.155. The quantitative estimate of drug-likeness (QED) is 0.616. The predicted octanol–water partition coefficient (Wildman–Crippen LogP) is 1.03. The van der Waals surface area contributed by atoms with Crippen LogP contribution in [0.4, 0.5) is 0 Å². The topological polar surface area (TPSA) is 46.5 Å². The minimum atomic E-state index is -0.795. The highest BCUT2D eigenvalue weighted by Crippen LogP contribution is 2.54. The maximum atomic E-state index is 10.5. The molecule has 62 valence electrons. The van der Waals surface area contributed by atoms with Crippen LogP contribution in [0.3, 0.4) is 0 Å². The number of rotatable bonds is 1. The molecule has 1 N–H and O–H groups in total. The molecule has 1 saturated heterocycles. The van der Waals surface area contributed by atoms with E-state index in [2.05, 4.69) is 0 Å². The van der Waals surface area contributed by atoms with Crippen molar-refractivity contribution in [2.24, 2.45) is 5.41 Å². The molecule has 1 saturated carbocycles. The molecule has 1 aliphatic carbocycles. The molecule has 0 aromatic carbocycles. The molecule has 0 amide bonds. The minimum Gasteiger partial charge on any atom is -0.479 e. The molecule has 1 spiro atoms. The van der Waals surface area contributed by atoms with Crippen molar-refractivity contribution in [3.8, 4) is 0 Å². The number of hydrogen-bond acceptors (Lipinski definition) is 2. The smallest absolute Gasteiger partial charge is 0.332 e. The molecule has 11 heavy (non-hydrogen) atoms. The lowest BCUT2D eigenvalue weighted by Crippen LogP contribution is -2.33. The van der Waals surface area contributed by atoms with Crippen molar-refractivity contribution in [3.63, 3.8) is 0 Å². The fraction of sp³-hybridized carbons (Fsp3) is 0.875. The minimum absolute atomic E-state index is 0.376. The van der Waals surface area contributed by atoms with E-state index in [4.69, 9.17) is 9.84 Å². The average Bonchev–Trinajstić information content (AvgIpc) is 2.69. The molecule has 0 aromatic heterocycles. The summed E-state index contributed by atoms with van der Waals surface area (Å²) in [4.78, 5) is 10.5. The molecular formula is C8H12O3. The van der Waals surface area contributed by atoms with E-state index in [1.807, 2.05) is 0 Å². The number of carboxylic acids is 1. The lowest BCUT2D eigenvalue weighted by atomic mass is 9.92. The number of hydrogen-bond donors (Lipinski definition) is 1. The summed E-state index contributed by atoms with van der Waals surface area (Å²) in [7, 11) is 0. The van der Waals surface area contributed by atoms with Crippen molar-refractivity contribution >= 4 is 5.97 Å². The van der Waals surface area contributed by atoms with Crippen LogP contribution in [0.25, 0.3) is 0 Å². The third-order valence-electron chi connectivity index (χ3n) is 2.80. The summed E-state index contributed by atoms with van der Waals surface area (Å²) in [5, 5.41) is 8.67. The largest absolute Gasteiger partial charge is 0.479 e. The fourth-order valence-electron chi connectivity index (χ4n) is 1.76. The Morgan fingerprint density at radius 1 is 1.45 bits per heavy atom. The van der Waals surface area contributed by atoms with Crippen molar-refractivity contribution < 1.29 is 14.6 Å². The van der Waals surface area contributed by atoms with E-state index in [9.17, 15) is 4.79 Å². The number of aliphatic carboxylic acids is 1. The Kier molecular flexibility index (Phi) is 1.42. The van der Waals surface area contributed by atoms with Gasteiger partial charge >= 0.3 is 5.97 Å². The first-order chi connectivity index (χ1) is 5.22. The summed E-state index contributed by atoms with van der Waals surface area (Å²) in [6.07, 6.45) is 3.70. The Morgan fingerprint density at radius 3 is 2.73 bits per heavy atom. The first kappa shape index (κ1) is 7.10. The standard InChI is InChI=1S/C8H12O3/c9-7(10)6-5-8(1-2-8)3-4-11-6/h6H,1-5H2,(H,9,10). The summed E-state index contributed by atoms with van der Waals surface area (Å²) in [5.41, 5.74) is 0.376. The van der Waals surface area contributed by atoms with Crippen molar-refractivity contribution in [2.45, 2.75) is 31.8 Å². The summed E-state index contributed by atoms with van der Waals surface area (Å²) >= 11 is 0. The Morgan fingerprint density at radius 2 is 2.18 bits per heavy atom. The third-order valence-corrected chi connectivity index (χ3v) is 2.80. The van der Waals surface area contributed by atoms with Crippen LogP contribution in [0.2, 0.25) is 0 Å².